The lowest BCUT2D eigenvalue weighted by atomic mass is 10.2. The van der Waals surface area contributed by atoms with E-state index in [0.717, 1.165) is 12.7 Å². The molecule has 0 aliphatic carbocycles. The fourth-order valence-electron chi connectivity index (χ4n) is 3.20. The number of aromatic nitrogens is 1. The Morgan fingerprint density at radius 2 is 2.11 bits per heavy atom. The zero-order valence-electron chi connectivity index (χ0n) is 14.9. The van der Waals surface area contributed by atoms with Gasteiger partial charge in [0.1, 0.15) is 6.04 Å². The van der Waals surface area contributed by atoms with Gasteiger partial charge in [-0.2, -0.15) is 0 Å². The van der Waals surface area contributed by atoms with Crippen molar-refractivity contribution >= 4 is 59.7 Å². The molecule has 2 aromatic heterocycles. The molecule has 1 N–H and O–H groups in total. The number of amides is 2. The Labute approximate surface area is 169 Å². The van der Waals surface area contributed by atoms with Gasteiger partial charge >= 0.3 is 0 Å². The smallest absolute Gasteiger partial charge is 0.264 e. The number of thiophene rings is 1. The lowest BCUT2D eigenvalue weighted by Gasteiger charge is -2.22. The molecule has 4 rings (SSSR count). The van der Waals surface area contributed by atoms with Crippen molar-refractivity contribution in [3.63, 3.8) is 0 Å². The monoisotopic (exact) mass is 435 g/mol. The quantitative estimate of drug-likeness (QED) is 0.680. The maximum atomic E-state index is 12.8. The summed E-state index contributed by atoms with van der Waals surface area (Å²) in [6, 6.07) is 7.72. The minimum atomic E-state index is -3.31. The molecule has 1 fully saturated rings. The van der Waals surface area contributed by atoms with Crippen molar-refractivity contribution in [2.45, 2.75) is 23.8 Å². The normalized spacial score (nSPS) is 17.2. The fourth-order valence-corrected chi connectivity index (χ4v) is 5.51. The summed E-state index contributed by atoms with van der Waals surface area (Å²) < 4.78 is 24.1. The maximum Gasteiger partial charge on any atom is 0.264 e. The van der Waals surface area contributed by atoms with Gasteiger partial charge in [-0.25, -0.2) is 13.4 Å². The van der Waals surface area contributed by atoms with E-state index in [2.05, 4.69) is 10.3 Å². The van der Waals surface area contributed by atoms with Crippen LogP contribution in [0.5, 0.6) is 0 Å². The summed E-state index contributed by atoms with van der Waals surface area (Å²) in [7, 11) is -3.31. The van der Waals surface area contributed by atoms with E-state index in [1.807, 2.05) is 11.4 Å². The Kier molecular flexibility index (Phi) is 4.94. The molecular formula is C18H17N3O4S3. The molecular weight excluding hydrogens is 418 g/mol. The van der Waals surface area contributed by atoms with Crippen LogP contribution in [-0.4, -0.2) is 49.0 Å². The molecule has 3 aromatic rings. The molecule has 0 bridgehead atoms. The van der Waals surface area contributed by atoms with Crippen LogP contribution in [0, 0.1) is 0 Å². The van der Waals surface area contributed by atoms with Crippen molar-refractivity contribution in [2.24, 2.45) is 0 Å². The van der Waals surface area contributed by atoms with Gasteiger partial charge in [0.15, 0.2) is 15.0 Å². The zero-order chi connectivity index (χ0) is 19.9. The molecule has 146 valence electrons. The number of rotatable bonds is 4. The van der Waals surface area contributed by atoms with Crippen LogP contribution < -0.4 is 5.32 Å². The van der Waals surface area contributed by atoms with Crippen molar-refractivity contribution in [1.82, 2.24) is 9.88 Å². The molecule has 3 heterocycles. The Bertz CT molecular complexity index is 1150. The highest BCUT2D eigenvalue weighted by Gasteiger charge is 2.35. The van der Waals surface area contributed by atoms with Crippen molar-refractivity contribution < 1.29 is 18.0 Å². The van der Waals surface area contributed by atoms with Crippen LogP contribution in [0.15, 0.2) is 40.6 Å². The number of benzene rings is 1. The van der Waals surface area contributed by atoms with E-state index in [1.165, 1.54) is 28.7 Å². The van der Waals surface area contributed by atoms with Crippen molar-refractivity contribution in [3.05, 3.63) is 40.6 Å². The summed E-state index contributed by atoms with van der Waals surface area (Å²) in [6.45, 7) is 0.548. The van der Waals surface area contributed by atoms with Gasteiger partial charge in [-0.3, -0.25) is 9.59 Å². The van der Waals surface area contributed by atoms with E-state index in [1.54, 1.807) is 23.1 Å². The Morgan fingerprint density at radius 1 is 1.29 bits per heavy atom. The zero-order valence-corrected chi connectivity index (χ0v) is 17.4. The van der Waals surface area contributed by atoms with E-state index >= 15 is 0 Å². The molecule has 0 saturated carbocycles. The number of hydrogen-bond acceptors (Lipinski definition) is 7. The molecule has 1 atom stereocenters. The molecule has 7 nitrogen and oxygen atoms in total. The molecule has 1 saturated heterocycles. The first-order valence-electron chi connectivity index (χ1n) is 8.59. The molecule has 1 aliphatic heterocycles. The Hall–Kier alpha value is -2.30. The highest BCUT2D eigenvalue weighted by atomic mass is 32.2. The second-order valence-electron chi connectivity index (χ2n) is 6.54. The lowest BCUT2D eigenvalue weighted by Crippen LogP contribution is -2.42. The first-order chi connectivity index (χ1) is 13.3. The molecule has 10 heteroatoms. The summed E-state index contributed by atoms with van der Waals surface area (Å²) in [6.07, 6.45) is 2.52. The SMILES string of the molecule is CS(=O)(=O)c1ccc2nc(NC(=O)[C@@H]3CCCN3C(=O)c3cccs3)sc2c1. The van der Waals surface area contributed by atoms with Crippen LogP contribution in [0.25, 0.3) is 10.2 Å². The topological polar surface area (TPSA) is 96.4 Å². The first-order valence-corrected chi connectivity index (χ1v) is 12.2. The Morgan fingerprint density at radius 3 is 2.82 bits per heavy atom. The number of nitrogens with zero attached hydrogens (tertiary/aromatic N) is 2. The number of sulfone groups is 1. The van der Waals surface area contributed by atoms with Crippen molar-refractivity contribution in [2.75, 3.05) is 18.1 Å². The molecule has 1 aromatic carbocycles. The van der Waals surface area contributed by atoms with Crippen LogP contribution in [0.4, 0.5) is 5.13 Å². The minimum absolute atomic E-state index is 0.130. The highest BCUT2D eigenvalue weighted by Crippen LogP contribution is 2.29. The van der Waals surface area contributed by atoms with Gasteiger partial charge in [0.25, 0.3) is 5.91 Å². The first kappa shape index (κ1) is 19.0. The third-order valence-electron chi connectivity index (χ3n) is 4.57. The van der Waals surface area contributed by atoms with Gasteiger partial charge < -0.3 is 10.2 Å². The van der Waals surface area contributed by atoms with Gasteiger partial charge in [0.05, 0.1) is 20.0 Å². The van der Waals surface area contributed by atoms with E-state index in [9.17, 15) is 18.0 Å². The summed E-state index contributed by atoms with van der Waals surface area (Å²) in [5.41, 5.74) is 0.616. The fraction of sp³-hybridized carbons (Fsp3) is 0.278. The predicted octanol–water partition coefficient (Wildman–Crippen LogP) is 3.00. The summed E-state index contributed by atoms with van der Waals surface area (Å²) in [4.78, 5) is 32.2. The van der Waals surface area contributed by atoms with E-state index in [0.29, 0.717) is 33.2 Å². The number of carbonyl (C=O) groups excluding carboxylic acids is 2. The number of thiazole rings is 1. The molecule has 1 aliphatic rings. The summed E-state index contributed by atoms with van der Waals surface area (Å²) in [5, 5.41) is 5.02. The average Bonchev–Trinajstić information content (AvgIpc) is 3.38. The number of likely N-dealkylation sites (tertiary alicyclic amines) is 1. The molecule has 0 radical (unpaired) electrons. The van der Waals surface area contributed by atoms with Gasteiger partial charge in [-0.05, 0) is 42.5 Å². The third kappa shape index (κ3) is 3.67. The molecule has 0 unspecified atom stereocenters. The second-order valence-corrected chi connectivity index (χ2v) is 10.5. The van der Waals surface area contributed by atoms with Gasteiger partial charge in [0.2, 0.25) is 5.91 Å². The number of hydrogen-bond donors (Lipinski definition) is 1. The standard InChI is InChI=1S/C18H17N3O4S3/c1-28(24,25)11-6-7-12-15(10-11)27-18(19-12)20-16(22)13-4-2-8-21(13)17(23)14-5-3-9-26-14/h3,5-7,9-10,13H,2,4,8H2,1H3,(H,19,20,22)/t13-/m0/s1. The second kappa shape index (κ2) is 7.26. The highest BCUT2D eigenvalue weighted by molar-refractivity contribution is 7.90. The van der Waals surface area contributed by atoms with Crippen molar-refractivity contribution in [3.8, 4) is 0 Å². The maximum absolute atomic E-state index is 12.8. The van der Waals surface area contributed by atoms with Crippen LogP contribution in [0.1, 0.15) is 22.5 Å². The predicted molar refractivity (Wildman–Crippen MR) is 110 cm³/mol. The largest absolute Gasteiger partial charge is 0.326 e. The van der Waals surface area contributed by atoms with E-state index in [-0.39, 0.29) is 16.7 Å². The van der Waals surface area contributed by atoms with Gasteiger partial charge in [0, 0.05) is 12.8 Å². The number of fused-ring (bicyclic) bond motifs is 1. The van der Waals surface area contributed by atoms with Crippen LogP contribution in [0.2, 0.25) is 0 Å². The number of nitrogens with one attached hydrogen (secondary N) is 1. The average molecular weight is 436 g/mol. The lowest BCUT2D eigenvalue weighted by molar-refractivity contribution is -0.119. The summed E-state index contributed by atoms with van der Waals surface area (Å²) in [5.74, 6) is -0.403. The van der Waals surface area contributed by atoms with Crippen LogP contribution >= 0.6 is 22.7 Å². The number of carbonyl (C=O) groups is 2. The molecule has 28 heavy (non-hydrogen) atoms. The van der Waals surface area contributed by atoms with Gasteiger partial charge in [-0.15, -0.1) is 11.3 Å². The third-order valence-corrected chi connectivity index (χ3v) is 7.47. The van der Waals surface area contributed by atoms with Crippen LogP contribution in [0.3, 0.4) is 0 Å². The molecule has 2 amide bonds. The van der Waals surface area contributed by atoms with Crippen LogP contribution in [-0.2, 0) is 14.6 Å². The summed E-state index contributed by atoms with van der Waals surface area (Å²) >= 11 is 2.57. The van der Waals surface area contributed by atoms with Crippen molar-refractivity contribution in [1.29, 1.82) is 0 Å². The Balaban J connectivity index is 1.53. The number of anilines is 1. The molecule has 0 spiro atoms. The van der Waals surface area contributed by atoms with Gasteiger partial charge in [-0.1, -0.05) is 17.4 Å². The van der Waals surface area contributed by atoms with E-state index in [4.69, 9.17) is 0 Å². The van der Waals surface area contributed by atoms with E-state index < -0.39 is 15.9 Å². The minimum Gasteiger partial charge on any atom is -0.326 e.